The number of rotatable bonds is 2. The molecule has 1 aliphatic rings. The second-order valence-corrected chi connectivity index (χ2v) is 4.68. The van der Waals surface area contributed by atoms with Crippen LogP contribution in [0.3, 0.4) is 0 Å². The van der Waals surface area contributed by atoms with Crippen molar-refractivity contribution in [1.29, 1.82) is 5.26 Å². The Bertz CT molecular complexity index is 706. The third kappa shape index (κ3) is 2.14. The van der Waals surface area contributed by atoms with E-state index >= 15 is 0 Å². The van der Waals surface area contributed by atoms with Crippen molar-refractivity contribution in [2.75, 3.05) is 11.9 Å². The summed E-state index contributed by atoms with van der Waals surface area (Å²) < 4.78 is 0. The average molecular weight is 267 g/mol. The van der Waals surface area contributed by atoms with Gasteiger partial charge >= 0.3 is 0 Å². The minimum Gasteiger partial charge on any atom is -0.371 e. The minimum atomic E-state index is -0.330. The Labute approximate surface area is 115 Å². The number of benzene rings is 1. The molecule has 0 bridgehead atoms. The first kappa shape index (κ1) is 12.4. The molecule has 6 heteroatoms. The molecular weight excluding hydrogens is 254 g/mol. The fourth-order valence-corrected chi connectivity index (χ4v) is 2.36. The lowest BCUT2D eigenvalue weighted by molar-refractivity contribution is -0.123. The van der Waals surface area contributed by atoms with Gasteiger partial charge < -0.3 is 10.6 Å². The van der Waals surface area contributed by atoms with E-state index in [4.69, 9.17) is 0 Å². The third-order valence-electron chi connectivity index (χ3n) is 3.38. The van der Waals surface area contributed by atoms with Crippen molar-refractivity contribution in [3.8, 4) is 6.07 Å². The van der Waals surface area contributed by atoms with Crippen molar-refractivity contribution in [2.24, 2.45) is 0 Å². The number of anilines is 1. The molecular formula is C14H13N5O. The van der Waals surface area contributed by atoms with Gasteiger partial charge in [0.2, 0.25) is 5.91 Å². The van der Waals surface area contributed by atoms with Gasteiger partial charge in [0.25, 0.3) is 0 Å². The van der Waals surface area contributed by atoms with E-state index in [1.807, 2.05) is 30.3 Å². The quantitative estimate of drug-likeness (QED) is 0.853. The van der Waals surface area contributed by atoms with Crippen LogP contribution in [0.15, 0.2) is 24.3 Å². The fourth-order valence-electron chi connectivity index (χ4n) is 2.36. The van der Waals surface area contributed by atoms with Gasteiger partial charge in [-0.05, 0) is 18.9 Å². The molecule has 20 heavy (non-hydrogen) atoms. The van der Waals surface area contributed by atoms with Crippen molar-refractivity contribution in [3.05, 3.63) is 30.0 Å². The van der Waals surface area contributed by atoms with Crippen LogP contribution in [0.2, 0.25) is 0 Å². The molecule has 1 amide bonds. The number of hydrogen-bond acceptors (Lipinski definition) is 5. The predicted molar refractivity (Wildman–Crippen MR) is 73.9 cm³/mol. The number of nitriles is 1. The van der Waals surface area contributed by atoms with Crippen molar-refractivity contribution in [3.63, 3.8) is 0 Å². The molecule has 1 saturated heterocycles. The van der Waals surface area contributed by atoms with Crippen molar-refractivity contribution in [2.45, 2.75) is 18.9 Å². The van der Waals surface area contributed by atoms with E-state index in [0.717, 1.165) is 18.2 Å². The number of aromatic nitrogens is 2. The number of nitrogens with one attached hydrogen (secondary N) is 2. The first-order chi connectivity index (χ1) is 9.79. The summed E-state index contributed by atoms with van der Waals surface area (Å²) in [6, 6.07) is 9.13. The summed E-state index contributed by atoms with van der Waals surface area (Å²) in [5.74, 6) is -0.0407. The molecule has 100 valence electrons. The van der Waals surface area contributed by atoms with Crippen LogP contribution >= 0.6 is 0 Å². The molecule has 2 aromatic rings. The summed E-state index contributed by atoms with van der Waals surface area (Å²) >= 11 is 0. The molecule has 3 rings (SSSR count). The van der Waals surface area contributed by atoms with Crippen LogP contribution in [0.4, 0.5) is 5.69 Å². The van der Waals surface area contributed by atoms with E-state index in [9.17, 15) is 10.1 Å². The number of fused-ring (bicyclic) bond motifs is 1. The smallest absolute Gasteiger partial charge is 0.242 e. The zero-order chi connectivity index (χ0) is 13.9. The predicted octanol–water partition coefficient (Wildman–Crippen LogP) is 1.19. The van der Waals surface area contributed by atoms with E-state index < -0.39 is 0 Å². The van der Waals surface area contributed by atoms with Gasteiger partial charge in [-0.1, -0.05) is 18.2 Å². The lowest BCUT2D eigenvalue weighted by atomic mass is 10.1. The lowest BCUT2D eigenvalue weighted by Crippen LogP contribution is -2.44. The second-order valence-electron chi connectivity index (χ2n) is 4.68. The maximum atomic E-state index is 11.8. The zero-order valence-corrected chi connectivity index (χ0v) is 10.8. The molecule has 6 nitrogen and oxygen atoms in total. The first-order valence-electron chi connectivity index (χ1n) is 6.49. The van der Waals surface area contributed by atoms with Gasteiger partial charge in [-0.15, -0.1) is 10.2 Å². The number of carbonyl (C=O) groups is 1. The molecule has 1 aromatic heterocycles. The average Bonchev–Trinajstić information content (AvgIpc) is 2.50. The molecule has 1 atom stereocenters. The van der Waals surface area contributed by atoms with Crippen LogP contribution in [0, 0.1) is 11.3 Å². The largest absolute Gasteiger partial charge is 0.371 e. The highest BCUT2D eigenvalue weighted by atomic mass is 16.2. The Hall–Kier alpha value is -2.68. The van der Waals surface area contributed by atoms with Crippen molar-refractivity contribution < 1.29 is 4.79 Å². The van der Waals surface area contributed by atoms with Crippen LogP contribution < -0.4 is 10.6 Å². The Kier molecular flexibility index (Phi) is 3.17. The molecule has 2 N–H and O–H groups in total. The van der Waals surface area contributed by atoms with Crippen molar-refractivity contribution in [1.82, 2.24) is 15.5 Å². The summed E-state index contributed by atoms with van der Waals surface area (Å²) in [4.78, 5) is 11.8. The molecule has 2 heterocycles. The number of piperidine rings is 1. The van der Waals surface area contributed by atoms with Crippen LogP contribution in [-0.4, -0.2) is 28.7 Å². The van der Waals surface area contributed by atoms with Crippen LogP contribution in [0.1, 0.15) is 18.5 Å². The highest BCUT2D eigenvalue weighted by Gasteiger charge is 2.23. The topological polar surface area (TPSA) is 90.7 Å². The lowest BCUT2D eigenvalue weighted by Gasteiger charge is -2.24. The molecule has 0 radical (unpaired) electrons. The van der Waals surface area contributed by atoms with Gasteiger partial charge in [0.05, 0.1) is 11.2 Å². The van der Waals surface area contributed by atoms with Gasteiger partial charge in [0.1, 0.15) is 12.1 Å². The van der Waals surface area contributed by atoms with E-state index in [0.29, 0.717) is 17.7 Å². The normalized spacial score (nSPS) is 18.4. The van der Waals surface area contributed by atoms with Gasteiger partial charge in [0, 0.05) is 11.9 Å². The SMILES string of the molecule is N#Cc1nnc2ccccc2c1NC1CCCNC1=O. The minimum absolute atomic E-state index is 0.0407. The zero-order valence-electron chi connectivity index (χ0n) is 10.8. The Morgan fingerprint density at radius 2 is 2.20 bits per heavy atom. The number of hydrogen-bond donors (Lipinski definition) is 2. The van der Waals surface area contributed by atoms with E-state index in [1.54, 1.807) is 0 Å². The summed E-state index contributed by atoms with van der Waals surface area (Å²) in [6.45, 7) is 0.706. The molecule has 1 aromatic carbocycles. The second kappa shape index (κ2) is 5.13. The number of nitrogens with zero attached hydrogens (tertiary/aromatic N) is 3. The molecule has 1 fully saturated rings. The monoisotopic (exact) mass is 267 g/mol. The van der Waals surface area contributed by atoms with Gasteiger partial charge in [-0.3, -0.25) is 4.79 Å². The molecule has 0 saturated carbocycles. The van der Waals surface area contributed by atoms with Gasteiger partial charge in [0.15, 0.2) is 5.69 Å². The third-order valence-corrected chi connectivity index (χ3v) is 3.38. The van der Waals surface area contributed by atoms with Crippen molar-refractivity contribution >= 4 is 22.5 Å². The van der Waals surface area contributed by atoms with E-state index in [1.165, 1.54) is 0 Å². The number of carbonyl (C=O) groups excluding carboxylic acids is 1. The van der Waals surface area contributed by atoms with Gasteiger partial charge in [-0.2, -0.15) is 5.26 Å². The summed E-state index contributed by atoms with van der Waals surface area (Å²) in [5.41, 5.74) is 1.49. The highest BCUT2D eigenvalue weighted by molar-refractivity contribution is 5.95. The maximum Gasteiger partial charge on any atom is 0.242 e. The summed E-state index contributed by atoms with van der Waals surface area (Å²) in [7, 11) is 0. The standard InChI is InChI=1S/C14H13N5O/c15-8-12-13(17-11-6-3-7-16-14(11)20)9-4-1-2-5-10(9)18-19-12/h1-2,4-5,11H,3,6-7H2,(H,16,20)(H,17,18). The first-order valence-corrected chi connectivity index (χ1v) is 6.49. The van der Waals surface area contributed by atoms with E-state index in [-0.39, 0.29) is 17.6 Å². The Morgan fingerprint density at radius 1 is 1.35 bits per heavy atom. The molecule has 0 aliphatic carbocycles. The molecule has 1 aliphatic heterocycles. The maximum absolute atomic E-state index is 11.8. The summed E-state index contributed by atoms with van der Waals surface area (Å²) in [6.07, 6.45) is 1.66. The van der Waals surface area contributed by atoms with Gasteiger partial charge in [-0.25, -0.2) is 0 Å². The Morgan fingerprint density at radius 3 is 3.00 bits per heavy atom. The van der Waals surface area contributed by atoms with E-state index in [2.05, 4.69) is 20.8 Å². The van der Waals surface area contributed by atoms with Crippen LogP contribution in [-0.2, 0) is 4.79 Å². The molecule has 1 unspecified atom stereocenters. The highest BCUT2D eigenvalue weighted by Crippen LogP contribution is 2.25. The fraction of sp³-hybridized carbons (Fsp3) is 0.286. The summed E-state index contributed by atoms with van der Waals surface area (Å²) in [5, 5.41) is 23.9. The number of amides is 1. The van der Waals surface area contributed by atoms with Crippen LogP contribution in [0.5, 0.6) is 0 Å². The Balaban J connectivity index is 2.05. The van der Waals surface area contributed by atoms with Crippen LogP contribution in [0.25, 0.3) is 10.9 Å². The molecule has 0 spiro atoms.